The normalized spacial score (nSPS) is 24.4. The van der Waals surface area contributed by atoms with Gasteiger partial charge in [0.15, 0.2) is 0 Å². The Balaban J connectivity index is 1.43. The number of anilines is 1. The van der Waals surface area contributed by atoms with Crippen LogP contribution in [0.5, 0.6) is 0 Å². The highest BCUT2D eigenvalue weighted by Crippen LogP contribution is 2.38. The number of likely N-dealkylation sites (N-methyl/N-ethyl adjacent to an activating group) is 1. The standard InChI is InChI=1S/C17H22FN5S/c1-22(15-4-5-20-17(21-15)12-2-3-12)10-14-8-13(18)9-23(14)11-16-19-6-7-24-16/h4-7,12-14H,2-3,8-11H2,1H3/t13-,14-/m0/s1. The van der Waals surface area contributed by atoms with Crippen LogP contribution in [-0.4, -0.2) is 52.2 Å². The molecule has 4 rings (SSSR count). The molecule has 1 aliphatic carbocycles. The van der Waals surface area contributed by atoms with E-state index in [1.807, 2.05) is 30.9 Å². The molecular formula is C17H22FN5S. The summed E-state index contributed by atoms with van der Waals surface area (Å²) in [7, 11) is 2.03. The zero-order valence-electron chi connectivity index (χ0n) is 13.8. The van der Waals surface area contributed by atoms with Gasteiger partial charge in [-0.3, -0.25) is 4.90 Å². The molecule has 2 aliphatic rings. The van der Waals surface area contributed by atoms with E-state index in [1.165, 1.54) is 12.8 Å². The largest absolute Gasteiger partial charge is 0.358 e. The number of aromatic nitrogens is 3. The molecule has 0 radical (unpaired) electrons. The summed E-state index contributed by atoms with van der Waals surface area (Å²) in [5, 5.41) is 3.02. The average molecular weight is 347 g/mol. The van der Waals surface area contributed by atoms with Crippen molar-refractivity contribution >= 4 is 17.2 Å². The van der Waals surface area contributed by atoms with Crippen LogP contribution in [0.1, 0.15) is 36.0 Å². The molecular weight excluding hydrogens is 325 g/mol. The van der Waals surface area contributed by atoms with Crippen molar-refractivity contribution in [1.29, 1.82) is 0 Å². The highest BCUT2D eigenvalue weighted by molar-refractivity contribution is 7.09. The topological polar surface area (TPSA) is 45.2 Å². The van der Waals surface area contributed by atoms with Gasteiger partial charge in [0.2, 0.25) is 0 Å². The second-order valence-corrected chi connectivity index (χ2v) is 7.75. The lowest BCUT2D eigenvalue weighted by atomic mass is 10.2. The number of rotatable bonds is 6. The number of hydrogen-bond acceptors (Lipinski definition) is 6. The molecule has 0 amide bonds. The summed E-state index contributed by atoms with van der Waals surface area (Å²) < 4.78 is 14.0. The summed E-state index contributed by atoms with van der Waals surface area (Å²) in [5.41, 5.74) is 0. The van der Waals surface area contributed by atoms with Gasteiger partial charge >= 0.3 is 0 Å². The van der Waals surface area contributed by atoms with Crippen molar-refractivity contribution in [3.63, 3.8) is 0 Å². The predicted molar refractivity (Wildman–Crippen MR) is 93.1 cm³/mol. The molecule has 1 saturated heterocycles. The van der Waals surface area contributed by atoms with E-state index in [-0.39, 0.29) is 6.04 Å². The number of thiazole rings is 1. The van der Waals surface area contributed by atoms with E-state index in [4.69, 9.17) is 0 Å². The Hall–Kier alpha value is -1.60. The van der Waals surface area contributed by atoms with Crippen LogP contribution in [0.15, 0.2) is 23.8 Å². The predicted octanol–water partition coefficient (Wildman–Crippen LogP) is 2.86. The van der Waals surface area contributed by atoms with E-state index < -0.39 is 6.17 Å². The summed E-state index contributed by atoms with van der Waals surface area (Å²) in [6, 6.07) is 2.13. The minimum Gasteiger partial charge on any atom is -0.358 e. The lowest BCUT2D eigenvalue weighted by Crippen LogP contribution is -2.38. The van der Waals surface area contributed by atoms with E-state index in [1.54, 1.807) is 11.3 Å². The number of likely N-dealkylation sites (tertiary alicyclic amines) is 1. The van der Waals surface area contributed by atoms with Gasteiger partial charge in [0, 0.05) is 49.9 Å². The molecule has 0 unspecified atom stereocenters. The number of hydrogen-bond donors (Lipinski definition) is 0. The fraction of sp³-hybridized carbons (Fsp3) is 0.588. The smallest absolute Gasteiger partial charge is 0.133 e. The van der Waals surface area contributed by atoms with Crippen LogP contribution in [0.3, 0.4) is 0 Å². The number of alkyl halides is 1. The summed E-state index contributed by atoms with van der Waals surface area (Å²) in [6.07, 6.45) is 5.87. The first kappa shape index (κ1) is 15.9. The summed E-state index contributed by atoms with van der Waals surface area (Å²) in [4.78, 5) is 17.7. The monoisotopic (exact) mass is 347 g/mol. The van der Waals surface area contributed by atoms with Crippen LogP contribution >= 0.6 is 11.3 Å². The van der Waals surface area contributed by atoms with Gasteiger partial charge in [-0.15, -0.1) is 11.3 Å². The second-order valence-electron chi connectivity index (χ2n) is 6.77. The molecule has 2 aromatic rings. The minimum atomic E-state index is -0.754. The van der Waals surface area contributed by atoms with Crippen LogP contribution in [0.4, 0.5) is 10.2 Å². The molecule has 2 fully saturated rings. The fourth-order valence-electron chi connectivity index (χ4n) is 3.34. The Morgan fingerprint density at radius 2 is 2.21 bits per heavy atom. The molecule has 128 valence electrons. The van der Waals surface area contributed by atoms with Gasteiger partial charge in [-0.2, -0.15) is 0 Å². The highest BCUT2D eigenvalue weighted by atomic mass is 32.1. The second kappa shape index (κ2) is 6.72. The van der Waals surface area contributed by atoms with E-state index in [0.717, 1.165) is 29.7 Å². The third kappa shape index (κ3) is 3.57. The molecule has 5 nitrogen and oxygen atoms in total. The molecule has 2 atom stereocenters. The first-order chi connectivity index (χ1) is 11.7. The molecule has 1 saturated carbocycles. The number of halogens is 1. The summed E-state index contributed by atoms with van der Waals surface area (Å²) in [6.45, 7) is 2.00. The zero-order chi connectivity index (χ0) is 16.5. The summed E-state index contributed by atoms with van der Waals surface area (Å²) in [5.74, 6) is 2.43. The Kier molecular flexibility index (Phi) is 4.45. The lowest BCUT2D eigenvalue weighted by Gasteiger charge is -2.28. The molecule has 24 heavy (non-hydrogen) atoms. The average Bonchev–Trinajstić information content (AvgIpc) is 3.21. The zero-order valence-corrected chi connectivity index (χ0v) is 14.6. The minimum absolute atomic E-state index is 0.188. The van der Waals surface area contributed by atoms with Crippen LogP contribution in [0, 0.1) is 0 Å². The maximum Gasteiger partial charge on any atom is 0.133 e. The molecule has 2 aromatic heterocycles. The Morgan fingerprint density at radius 1 is 1.33 bits per heavy atom. The maximum atomic E-state index is 14.0. The van der Waals surface area contributed by atoms with Gasteiger partial charge in [-0.1, -0.05) is 0 Å². The molecule has 0 N–H and O–H groups in total. The molecule has 3 heterocycles. The van der Waals surface area contributed by atoms with E-state index in [9.17, 15) is 4.39 Å². The van der Waals surface area contributed by atoms with Gasteiger partial charge < -0.3 is 4.90 Å². The summed E-state index contributed by atoms with van der Waals surface area (Å²) >= 11 is 1.63. The third-order valence-electron chi connectivity index (χ3n) is 4.78. The van der Waals surface area contributed by atoms with Gasteiger partial charge in [0.1, 0.15) is 22.8 Å². The molecule has 0 spiro atoms. The Bertz CT molecular complexity index is 675. The molecule has 1 aliphatic heterocycles. The van der Waals surface area contributed by atoms with Crippen molar-refractivity contribution < 1.29 is 4.39 Å². The number of nitrogens with zero attached hydrogens (tertiary/aromatic N) is 5. The first-order valence-corrected chi connectivity index (χ1v) is 9.37. The van der Waals surface area contributed by atoms with E-state index in [0.29, 0.717) is 18.9 Å². The van der Waals surface area contributed by atoms with Crippen molar-refractivity contribution in [2.45, 2.75) is 43.9 Å². The van der Waals surface area contributed by atoms with Crippen molar-refractivity contribution in [3.8, 4) is 0 Å². The van der Waals surface area contributed by atoms with Crippen LogP contribution in [0.2, 0.25) is 0 Å². The van der Waals surface area contributed by atoms with Gasteiger partial charge in [-0.05, 0) is 25.3 Å². The maximum absolute atomic E-state index is 14.0. The van der Waals surface area contributed by atoms with Crippen molar-refractivity contribution in [3.05, 3.63) is 34.7 Å². The van der Waals surface area contributed by atoms with E-state index in [2.05, 4.69) is 24.8 Å². The van der Waals surface area contributed by atoms with Crippen molar-refractivity contribution in [1.82, 2.24) is 19.9 Å². The first-order valence-electron chi connectivity index (χ1n) is 8.49. The van der Waals surface area contributed by atoms with Crippen LogP contribution in [0.25, 0.3) is 0 Å². The van der Waals surface area contributed by atoms with Crippen LogP contribution < -0.4 is 4.90 Å². The van der Waals surface area contributed by atoms with Crippen molar-refractivity contribution in [2.75, 3.05) is 25.0 Å². The van der Waals surface area contributed by atoms with Gasteiger partial charge in [-0.25, -0.2) is 19.3 Å². The molecule has 0 bridgehead atoms. The SMILES string of the molecule is CN(C[C@@H]1C[C@H](F)CN1Cc1nccs1)c1ccnc(C2CC2)n1. The van der Waals surface area contributed by atoms with Crippen LogP contribution in [-0.2, 0) is 6.54 Å². The fourth-order valence-corrected chi connectivity index (χ4v) is 3.98. The Labute approximate surface area is 145 Å². The lowest BCUT2D eigenvalue weighted by molar-refractivity contribution is 0.237. The quantitative estimate of drug-likeness (QED) is 0.804. The molecule has 7 heteroatoms. The third-order valence-corrected chi connectivity index (χ3v) is 5.54. The van der Waals surface area contributed by atoms with Gasteiger partial charge in [0.05, 0.1) is 6.54 Å². The van der Waals surface area contributed by atoms with Gasteiger partial charge in [0.25, 0.3) is 0 Å². The van der Waals surface area contributed by atoms with Crippen molar-refractivity contribution in [2.24, 2.45) is 0 Å². The highest BCUT2D eigenvalue weighted by Gasteiger charge is 2.33. The van der Waals surface area contributed by atoms with E-state index >= 15 is 0 Å². The Morgan fingerprint density at radius 3 is 2.96 bits per heavy atom. The molecule has 0 aromatic carbocycles.